The van der Waals surface area contributed by atoms with Crippen molar-refractivity contribution in [2.24, 2.45) is 0 Å². The van der Waals surface area contributed by atoms with Crippen LogP contribution in [0.3, 0.4) is 0 Å². The number of carboxylic acid groups (broad SMARTS) is 1. The zero-order valence-electron chi connectivity index (χ0n) is 6.12. The molecular formula is C6H10O6. The van der Waals surface area contributed by atoms with Gasteiger partial charge in [-0.15, -0.1) is 0 Å². The molecule has 6 nitrogen and oxygen atoms in total. The number of carboxylic acids is 1. The van der Waals surface area contributed by atoms with Crippen LogP contribution in [0, 0.1) is 0 Å². The molecule has 0 saturated carbocycles. The third-order valence-electron chi connectivity index (χ3n) is 1.74. The fraction of sp³-hybridized carbons (Fsp3) is 0.833. The standard InChI is InChI=1S/C6H10O6/c7-2-1-12-5(6(10)11)4(9)3(2)8/h2-5,7-9H,1H2,(H,10,11)/t2-,3?,4+,5?/m1/s1. The van der Waals surface area contributed by atoms with Crippen LogP contribution < -0.4 is 0 Å². The molecule has 0 bridgehead atoms. The highest BCUT2D eigenvalue weighted by Gasteiger charge is 2.41. The highest BCUT2D eigenvalue weighted by atomic mass is 16.5. The lowest BCUT2D eigenvalue weighted by Crippen LogP contribution is -2.55. The monoisotopic (exact) mass is 178 g/mol. The van der Waals surface area contributed by atoms with Crippen molar-refractivity contribution in [3.05, 3.63) is 0 Å². The number of aliphatic carboxylic acids is 1. The van der Waals surface area contributed by atoms with E-state index in [4.69, 9.17) is 20.4 Å². The first-order valence-electron chi connectivity index (χ1n) is 3.42. The minimum atomic E-state index is -1.58. The summed E-state index contributed by atoms with van der Waals surface area (Å²) in [4.78, 5) is 10.3. The van der Waals surface area contributed by atoms with Gasteiger partial charge in [-0.3, -0.25) is 0 Å². The molecule has 1 saturated heterocycles. The number of carbonyl (C=O) groups is 1. The van der Waals surface area contributed by atoms with Crippen molar-refractivity contribution in [2.45, 2.75) is 24.4 Å². The minimum absolute atomic E-state index is 0.283. The Morgan fingerprint density at radius 3 is 2.33 bits per heavy atom. The van der Waals surface area contributed by atoms with Crippen LogP contribution in [0.2, 0.25) is 0 Å². The summed E-state index contributed by atoms with van der Waals surface area (Å²) in [5.74, 6) is -1.35. The summed E-state index contributed by atoms with van der Waals surface area (Å²) < 4.78 is 4.57. The summed E-state index contributed by atoms with van der Waals surface area (Å²) in [7, 11) is 0. The Labute approximate surface area is 68.0 Å². The van der Waals surface area contributed by atoms with Crippen molar-refractivity contribution >= 4 is 5.97 Å². The van der Waals surface area contributed by atoms with Gasteiger partial charge < -0.3 is 25.2 Å². The van der Waals surface area contributed by atoms with Gasteiger partial charge in [0, 0.05) is 0 Å². The van der Waals surface area contributed by atoms with Crippen LogP contribution in [0.15, 0.2) is 0 Å². The topological polar surface area (TPSA) is 107 Å². The summed E-state index contributed by atoms with van der Waals surface area (Å²) in [6, 6.07) is 0. The van der Waals surface area contributed by atoms with Gasteiger partial charge in [-0.05, 0) is 0 Å². The first-order chi connectivity index (χ1) is 5.54. The van der Waals surface area contributed by atoms with Crippen molar-refractivity contribution in [1.29, 1.82) is 0 Å². The number of hydrogen-bond donors (Lipinski definition) is 4. The van der Waals surface area contributed by atoms with Crippen LogP contribution >= 0.6 is 0 Å². The van der Waals surface area contributed by atoms with E-state index in [-0.39, 0.29) is 6.61 Å². The number of aliphatic hydroxyl groups excluding tert-OH is 3. The van der Waals surface area contributed by atoms with Crippen molar-refractivity contribution in [3.8, 4) is 0 Å². The Bertz CT molecular complexity index is 181. The normalized spacial score (nSPS) is 42.6. The molecule has 1 aliphatic rings. The molecule has 2 unspecified atom stereocenters. The van der Waals surface area contributed by atoms with Crippen LogP contribution in [0.5, 0.6) is 0 Å². The fourth-order valence-electron chi connectivity index (χ4n) is 1.02. The van der Waals surface area contributed by atoms with Gasteiger partial charge in [0.05, 0.1) is 6.61 Å². The molecule has 4 N–H and O–H groups in total. The van der Waals surface area contributed by atoms with Gasteiger partial charge in [0.2, 0.25) is 0 Å². The van der Waals surface area contributed by atoms with Crippen molar-refractivity contribution in [3.63, 3.8) is 0 Å². The van der Waals surface area contributed by atoms with Gasteiger partial charge in [-0.25, -0.2) is 4.79 Å². The van der Waals surface area contributed by atoms with E-state index in [1.54, 1.807) is 0 Å². The van der Waals surface area contributed by atoms with E-state index in [1.807, 2.05) is 0 Å². The van der Waals surface area contributed by atoms with E-state index >= 15 is 0 Å². The maximum Gasteiger partial charge on any atom is 0.335 e. The molecule has 0 aromatic carbocycles. The Hall–Kier alpha value is -0.690. The second-order valence-electron chi connectivity index (χ2n) is 2.64. The third-order valence-corrected chi connectivity index (χ3v) is 1.74. The highest BCUT2D eigenvalue weighted by Crippen LogP contribution is 2.15. The largest absolute Gasteiger partial charge is 0.479 e. The zero-order valence-corrected chi connectivity index (χ0v) is 6.12. The maximum absolute atomic E-state index is 10.3. The van der Waals surface area contributed by atoms with E-state index in [9.17, 15) is 4.79 Å². The summed E-state index contributed by atoms with van der Waals surface area (Å²) in [5, 5.41) is 35.4. The predicted molar refractivity (Wildman–Crippen MR) is 35.4 cm³/mol. The molecule has 12 heavy (non-hydrogen) atoms. The summed E-state index contributed by atoms with van der Waals surface area (Å²) in [6.45, 7) is -0.283. The number of ether oxygens (including phenoxy) is 1. The quantitative estimate of drug-likeness (QED) is 0.355. The molecule has 0 amide bonds. The molecule has 1 heterocycles. The Morgan fingerprint density at radius 2 is 1.83 bits per heavy atom. The van der Waals surface area contributed by atoms with E-state index in [0.717, 1.165) is 0 Å². The van der Waals surface area contributed by atoms with Gasteiger partial charge in [0.25, 0.3) is 0 Å². The molecule has 70 valence electrons. The summed E-state index contributed by atoms with van der Waals surface area (Å²) >= 11 is 0. The first kappa shape index (κ1) is 9.40. The lowest BCUT2D eigenvalue weighted by atomic mass is 10.0. The van der Waals surface area contributed by atoms with Gasteiger partial charge in [0.15, 0.2) is 6.10 Å². The zero-order chi connectivity index (χ0) is 9.30. The van der Waals surface area contributed by atoms with Gasteiger partial charge in [0.1, 0.15) is 18.3 Å². The second kappa shape index (κ2) is 3.36. The summed E-state index contributed by atoms with van der Waals surface area (Å²) in [5.41, 5.74) is 0. The smallest absolute Gasteiger partial charge is 0.335 e. The molecular weight excluding hydrogens is 168 g/mol. The van der Waals surface area contributed by atoms with Gasteiger partial charge in [-0.1, -0.05) is 0 Å². The van der Waals surface area contributed by atoms with Crippen LogP contribution in [-0.4, -0.2) is 57.4 Å². The number of aliphatic hydroxyl groups is 3. The van der Waals surface area contributed by atoms with Crippen molar-refractivity contribution in [1.82, 2.24) is 0 Å². The predicted octanol–water partition coefficient (Wildman–Crippen LogP) is -2.45. The fourth-order valence-corrected chi connectivity index (χ4v) is 1.02. The first-order valence-corrected chi connectivity index (χ1v) is 3.42. The molecule has 0 spiro atoms. The minimum Gasteiger partial charge on any atom is -0.479 e. The molecule has 0 aliphatic carbocycles. The molecule has 6 heteroatoms. The Balaban J connectivity index is 2.65. The highest BCUT2D eigenvalue weighted by molar-refractivity contribution is 5.73. The Morgan fingerprint density at radius 1 is 1.25 bits per heavy atom. The van der Waals surface area contributed by atoms with Gasteiger partial charge in [-0.2, -0.15) is 0 Å². The average molecular weight is 178 g/mol. The molecule has 1 rings (SSSR count). The van der Waals surface area contributed by atoms with E-state index in [2.05, 4.69) is 4.74 Å². The molecule has 1 aliphatic heterocycles. The maximum atomic E-state index is 10.3. The van der Waals surface area contributed by atoms with Crippen LogP contribution in [0.1, 0.15) is 0 Å². The van der Waals surface area contributed by atoms with E-state index in [1.165, 1.54) is 0 Å². The van der Waals surface area contributed by atoms with Crippen LogP contribution in [0.4, 0.5) is 0 Å². The molecule has 0 radical (unpaired) electrons. The van der Waals surface area contributed by atoms with Crippen LogP contribution in [0.25, 0.3) is 0 Å². The summed E-state index contributed by atoms with van der Waals surface area (Å²) in [6.07, 6.45) is -5.72. The molecule has 0 aromatic rings. The molecule has 1 fully saturated rings. The van der Waals surface area contributed by atoms with Gasteiger partial charge >= 0.3 is 5.97 Å². The average Bonchev–Trinajstić information content (AvgIpc) is 2.00. The molecule has 0 aromatic heterocycles. The molecule has 4 atom stereocenters. The second-order valence-corrected chi connectivity index (χ2v) is 2.64. The SMILES string of the molecule is O=C(O)C1OC[C@@H](O)C(O)[C@@H]1O. The van der Waals surface area contributed by atoms with Crippen LogP contribution in [-0.2, 0) is 9.53 Å². The third kappa shape index (κ3) is 1.56. The number of rotatable bonds is 1. The lowest BCUT2D eigenvalue weighted by molar-refractivity contribution is -0.201. The number of hydrogen-bond acceptors (Lipinski definition) is 5. The van der Waals surface area contributed by atoms with E-state index in [0.29, 0.717) is 0 Å². The Kier molecular flexibility index (Phi) is 2.63. The lowest BCUT2D eigenvalue weighted by Gasteiger charge is -2.32. The van der Waals surface area contributed by atoms with Crippen molar-refractivity contribution < 1.29 is 30.0 Å². The van der Waals surface area contributed by atoms with E-state index < -0.39 is 30.4 Å². The van der Waals surface area contributed by atoms with Crippen molar-refractivity contribution in [2.75, 3.05) is 6.61 Å².